The Kier molecular flexibility index (Phi) is 5.77. The van der Waals surface area contributed by atoms with Crippen LogP contribution in [0.1, 0.15) is 32.1 Å². The summed E-state index contributed by atoms with van der Waals surface area (Å²) in [4.78, 5) is 29.8. The van der Waals surface area contributed by atoms with E-state index in [0.29, 0.717) is 6.42 Å². The van der Waals surface area contributed by atoms with Crippen LogP contribution in [0.3, 0.4) is 0 Å². The molecule has 0 saturated carbocycles. The number of aliphatic carboxylic acids is 1. The van der Waals surface area contributed by atoms with Gasteiger partial charge in [0.2, 0.25) is 6.04 Å². The molecule has 0 heterocycles. The van der Waals surface area contributed by atoms with Gasteiger partial charge in [0, 0.05) is 16.3 Å². The summed E-state index contributed by atoms with van der Waals surface area (Å²) in [5.74, 6) is -2.24. The largest absolute Gasteiger partial charge is 0.481 e. The second-order valence-electron chi connectivity index (χ2n) is 5.14. The van der Waals surface area contributed by atoms with Gasteiger partial charge in [-0.2, -0.15) is 0 Å². The number of nitrogens with zero attached hydrogens (tertiary/aromatic N) is 2. The molecule has 21 heavy (non-hydrogen) atoms. The number of nitro groups is 2. The molecular formula is C12H18N2O7. The number of carboxylic acid groups (broad SMARTS) is 1. The predicted octanol–water partition coefficient (Wildman–Crippen LogP) is 0.861. The summed E-state index contributed by atoms with van der Waals surface area (Å²) < 4.78 is 0. The fourth-order valence-electron chi connectivity index (χ4n) is 2.90. The molecule has 118 valence electrons. The Morgan fingerprint density at radius 1 is 1.24 bits per heavy atom. The number of rotatable bonds is 2. The zero-order valence-corrected chi connectivity index (χ0v) is 11.6. The molecule has 3 unspecified atom stereocenters. The maximum Gasteiger partial charge on any atom is 0.313 e. The quantitative estimate of drug-likeness (QED) is 0.437. The standard InChI is InChI=1S/C11H15NO5.CH3NO2/c13-10-8(12(16)17)5-6-3-1-2-4-7(6)9(10)11(14)15;1-2(3)4/h8-10,13H,1-5H2,(H,14,15);1H3. The normalized spacial score (nSPS) is 28.0. The van der Waals surface area contributed by atoms with E-state index in [1.165, 1.54) is 0 Å². The van der Waals surface area contributed by atoms with Gasteiger partial charge in [0.25, 0.3) is 0 Å². The number of hydrogen-bond donors (Lipinski definition) is 2. The third-order valence-electron chi connectivity index (χ3n) is 3.73. The summed E-state index contributed by atoms with van der Waals surface area (Å²) in [6, 6.07) is -1.17. The lowest BCUT2D eigenvalue weighted by atomic mass is 9.72. The number of carboxylic acids is 1. The van der Waals surface area contributed by atoms with Crippen molar-refractivity contribution in [2.75, 3.05) is 7.05 Å². The molecule has 0 aromatic rings. The van der Waals surface area contributed by atoms with E-state index in [9.17, 15) is 20.0 Å². The van der Waals surface area contributed by atoms with E-state index in [1.54, 1.807) is 0 Å². The Labute approximate surface area is 120 Å². The van der Waals surface area contributed by atoms with Crippen LogP contribution in [0, 0.1) is 26.1 Å². The minimum Gasteiger partial charge on any atom is -0.481 e. The maximum atomic E-state index is 11.2. The van der Waals surface area contributed by atoms with Crippen LogP contribution in [0.2, 0.25) is 0 Å². The second-order valence-corrected chi connectivity index (χ2v) is 5.14. The molecule has 0 aromatic heterocycles. The van der Waals surface area contributed by atoms with Crippen LogP contribution < -0.4 is 0 Å². The van der Waals surface area contributed by atoms with Crippen molar-refractivity contribution in [3.63, 3.8) is 0 Å². The van der Waals surface area contributed by atoms with Gasteiger partial charge in [0.15, 0.2) is 7.05 Å². The van der Waals surface area contributed by atoms with Crippen LogP contribution in [0.4, 0.5) is 0 Å². The Balaban J connectivity index is 0.000000491. The van der Waals surface area contributed by atoms with E-state index < -0.39 is 33.9 Å². The molecule has 2 aliphatic carbocycles. The van der Waals surface area contributed by atoms with Gasteiger partial charge >= 0.3 is 5.97 Å². The first kappa shape index (κ1) is 17.0. The zero-order valence-electron chi connectivity index (χ0n) is 11.6. The van der Waals surface area contributed by atoms with E-state index in [1.807, 2.05) is 0 Å². The molecule has 0 bridgehead atoms. The molecule has 0 spiro atoms. The number of hydrogen-bond acceptors (Lipinski definition) is 6. The fourth-order valence-corrected chi connectivity index (χ4v) is 2.90. The number of carbonyl (C=O) groups is 1. The average molecular weight is 302 g/mol. The van der Waals surface area contributed by atoms with Crippen LogP contribution in [0.25, 0.3) is 0 Å². The van der Waals surface area contributed by atoms with Gasteiger partial charge < -0.3 is 10.2 Å². The second kappa shape index (κ2) is 7.11. The van der Waals surface area contributed by atoms with E-state index >= 15 is 0 Å². The molecule has 2 rings (SSSR count). The minimum atomic E-state index is -1.40. The molecule has 3 atom stereocenters. The van der Waals surface area contributed by atoms with Crippen molar-refractivity contribution in [3.05, 3.63) is 31.4 Å². The third-order valence-corrected chi connectivity index (χ3v) is 3.73. The van der Waals surface area contributed by atoms with E-state index in [2.05, 4.69) is 0 Å². The highest BCUT2D eigenvalue weighted by molar-refractivity contribution is 5.75. The molecule has 9 heteroatoms. The van der Waals surface area contributed by atoms with Gasteiger partial charge in [0.1, 0.15) is 12.0 Å². The van der Waals surface area contributed by atoms with Crippen molar-refractivity contribution in [1.82, 2.24) is 0 Å². The number of aliphatic hydroxyl groups excluding tert-OH is 1. The number of aliphatic hydroxyl groups is 1. The molecule has 0 radical (unpaired) electrons. The van der Waals surface area contributed by atoms with Crippen molar-refractivity contribution >= 4 is 5.97 Å². The van der Waals surface area contributed by atoms with Crippen molar-refractivity contribution in [1.29, 1.82) is 0 Å². The smallest absolute Gasteiger partial charge is 0.313 e. The summed E-state index contributed by atoms with van der Waals surface area (Å²) in [7, 11) is 0.889. The molecule has 0 amide bonds. The van der Waals surface area contributed by atoms with Gasteiger partial charge in [-0.1, -0.05) is 11.1 Å². The Hall–Kier alpha value is -2.03. The lowest BCUT2D eigenvalue weighted by Crippen LogP contribution is -2.47. The SMILES string of the molecule is C[N+](=O)[O-].O=C(O)C1C2=C(CCCC2)CC([N+](=O)[O-])C1O. The summed E-state index contributed by atoms with van der Waals surface area (Å²) in [5.41, 5.74) is 1.62. The molecule has 0 fully saturated rings. The average Bonchev–Trinajstić information content (AvgIpc) is 2.36. The summed E-state index contributed by atoms with van der Waals surface area (Å²) in [5, 5.41) is 38.6. The van der Waals surface area contributed by atoms with Crippen molar-refractivity contribution in [2.24, 2.45) is 5.92 Å². The first-order valence-corrected chi connectivity index (χ1v) is 6.58. The Bertz CT molecular complexity index is 470. The van der Waals surface area contributed by atoms with Crippen LogP contribution in [-0.4, -0.2) is 45.2 Å². The molecule has 0 saturated heterocycles. The first-order valence-electron chi connectivity index (χ1n) is 6.58. The van der Waals surface area contributed by atoms with E-state index in [4.69, 9.17) is 15.2 Å². The van der Waals surface area contributed by atoms with E-state index in [0.717, 1.165) is 37.5 Å². The van der Waals surface area contributed by atoms with Gasteiger partial charge in [-0.3, -0.25) is 25.0 Å². The highest BCUT2D eigenvalue weighted by atomic mass is 16.6. The van der Waals surface area contributed by atoms with E-state index in [-0.39, 0.29) is 6.42 Å². The highest BCUT2D eigenvalue weighted by Crippen LogP contribution is 2.40. The van der Waals surface area contributed by atoms with Crippen molar-refractivity contribution in [3.8, 4) is 0 Å². The first-order chi connectivity index (χ1) is 9.75. The summed E-state index contributed by atoms with van der Waals surface area (Å²) in [6.45, 7) is 0. The van der Waals surface area contributed by atoms with Crippen LogP contribution >= 0.6 is 0 Å². The molecular weight excluding hydrogens is 284 g/mol. The predicted molar refractivity (Wildman–Crippen MR) is 70.9 cm³/mol. The molecule has 9 nitrogen and oxygen atoms in total. The molecule has 2 N–H and O–H groups in total. The zero-order chi connectivity index (χ0) is 16.2. The monoisotopic (exact) mass is 302 g/mol. The Morgan fingerprint density at radius 2 is 1.76 bits per heavy atom. The molecule has 0 aliphatic heterocycles. The van der Waals surface area contributed by atoms with Crippen LogP contribution in [-0.2, 0) is 4.79 Å². The van der Waals surface area contributed by atoms with Crippen LogP contribution in [0.15, 0.2) is 11.1 Å². The lowest BCUT2D eigenvalue weighted by Gasteiger charge is -2.34. The maximum absolute atomic E-state index is 11.2. The van der Waals surface area contributed by atoms with Crippen LogP contribution in [0.5, 0.6) is 0 Å². The lowest BCUT2D eigenvalue weighted by molar-refractivity contribution is -0.536. The fraction of sp³-hybridized carbons (Fsp3) is 0.750. The molecule has 0 aromatic carbocycles. The van der Waals surface area contributed by atoms with Gasteiger partial charge in [-0.05, 0) is 25.7 Å². The van der Waals surface area contributed by atoms with Gasteiger partial charge in [-0.25, -0.2) is 0 Å². The third kappa shape index (κ3) is 4.22. The van der Waals surface area contributed by atoms with Crippen molar-refractivity contribution < 1.29 is 24.9 Å². The Morgan fingerprint density at radius 3 is 2.24 bits per heavy atom. The summed E-state index contributed by atoms with van der Waals surface area (Å²) >= 11 is 0. The molecule has 2 aliphatic rings. The minimum absolute atomic E-state index is 0.202. The van der Waals surface area contributed by atoms with Gasteiger partial charge in [-0.15, -0.1) is 0 Å². The van der Waals surface area contributed by atoms with Crippen molar-refractivity contribution in [2.45, 2.75) is 44.2 Å². The summed E-state index contributed by atoms with van der Waals surface area (Å²) in [6.07, 6.45) is 2.03. The topological polar surface area (TPSA) is 144 Å². The van der Waals surface area contributed by atoms with Gasteiger partial charge in [0.05, 0.1) is 0 Å². The highest BCUT2D eigenvalue weighted by Gasteiger charge is 2.47.